The Morgan fingerprint density at radius 2 is 1.58 bits per heavy atom. The van der Waals surface area contributed by atoms with Gasteiger partial charge >= 0.3 is 12.1 Å². The van der Waals surface area contributed by atoms with Crippen molar-refractivity contribution < 1.29 is 28.7 Å². The average molecular weight is 428 g/mol. The van der Waals surface area contributed by atoms with Gasteiger partial charge in [0.15, 0.2) is 0 Å². The lowest BCUT2D eigenvalue weighted by molar-refractivity contribution is -0.177. The van der Waals surface area contributed by atoms with Gasteiger partial charge in [-0.15, -0.1) is 0 Å². The highest BCUT2D eigenvalue weighted by Gasteiger charge is 2.22. The van der Waals surface area contributed by atoms with Gasteiger partial charge in [0.05, 0.1) is 7.11 Å². The molecule has 0 aliphatic rings. The Balaban J connectivity index is 1.71. The lowest BCUT2D eigenvalue weighted by atomic mass is 10.1. The van der Waals surface area contributed by atoms with Crippen molar-refractivity contribution in [2.45, 2.75) is 38.5 Å². The first kappa shape index (κ1) is 23.9. The maximum Gasteiger partial charge on any atom is 0.408 e. The van der Waals surface area contributed by atoms with Crippen LogP contribution >= 0.6 is 0 Å². The summed E-state index contributed by atoms with van der Waals surface area (Å²) in [6.45, 7) is 0.759. The van der Waals surface area contributed by atoms with E-state index in [1.54, 1.807) is 0 Å². The standard InChI is InChI=1S/C23H28N2O6/c1-29-22(27)21(24-23(28)30-16-19-10-4-2-5-11-19)14-8-9-15-25(18-26)31-17-20-12-6-3-7-13-20/h2-7,10-13,18,21H,8-9,14-17H2,1H3,(H,24,28)/t21-/m1/s1. The van der Waals surface area contributed by atoms with Crippen LogP contribution in [-0.4, -0.2) is 43.2 Å². The van der Waals surface area contributed by atoms with E-state index in [9.17, 15) is 14.4 Å². The molecule has 0 saturated heterocycles. The fourth-order valence-corrected chi connectivity index (χ4v) is 2.79. The molecule has 0 unspecified atom stereocenters. The van der Waals surface area contributed by atoms with Crippen LogP contribution in [0.4, 0.5) is 4.79 Å². The molecule has 0 aromatic heterocycles. The van der Waals surface area contributed by atoms with Crippen LogP contribution in [0.1, 0.15) is 30.4 Å². The minimum absolute atomic E-state index is 0.105. The van der Waals surface area contributed by atoms with Gasteiger partial charge in [-0.1, -0.05) is 60.7 Å². The second-order valence-electron chi connectivity index (χ2n) is 6.78. The third kappa shape index (κ3) is 9.31. The van der Waals surface area contributed by atoms with Crippen LogP contribution in [-0.2, 0) is 37.1 Å². The molecule has 0 aliphatic heterocycles. The van der Waals surface area contributed by atoms with Gasteiger partial charge in [-0.2, -0.15) is 0 Å². The van der Waals surface area contributed by atoms with Crippen molar-refractivity contribution >= 4 is 18.5 Å². The van der Waals surface area contributed by atoms with Crippen molar-refractivity contribution in [2.75, 3.05) is 13.7 Å². The van der Waals surface area contributed by atoms with E-state index in [-0.39, 0.29) is 6.61 Å². The van der Waals surface area contributed by atoms with Crippen LogP contribution in [0.2, 0.25) is 0 Å². The van der Waals surface area contributed by atoms with E-state index in [1.807, 2.05) is 60.7 Å². The zero-order valence-corrected chi connectivity index (χ0v) is 17.6. The summed E-state index contributed by atoms with van der Waals surface area (Å²) in [5.74, 6) is -0.552. The molecule has 0 heterocycles. The number of carbonyl (C=O) groups excluding carboxylic acids is 3. The van der Waals surface area contributed by atoms with Gasteiger partial charge in [0.25, 0.3) is 0 Å². The monoisotopic (exact) mass is 428 g/mol. The third-order valence-corrected chi connectivity index (χ3v) is 4.47. The number of rotatable bonds is 13. The predicted octanol–water partition coefficient (Wildman–Crippen LogP) is 3.21. The highest BCUT2D eigenvalue weighted by atomic mass is 16.7. The number of unbranched alkanes of at least 4 members (excludes halogenated alkanes) is 1. The fraction of sp³-hybridized carbons (Fsp3) is 0.348. The zero-order chi connectivity index (χ0) is 22.3. The van der Waals surface area contributed by atoms with Crippen LogP contribution in [0.3, 0.4) is 0 Å². The second kappa shape index (κ2) is 13.8. The number of ether oxygens (including phenoxy) is 2. The Kier molecular flexibility index (Phi) is 10.6. The summed E-state index contributed by atoms with van der Waals surface area (Å²) in [5, 5.41) is 3.76. The average Bonchev–Trinajstić information content (AvgIpc) is 2.82. The van der Waals surface area contributed by atoms with Crippen LogP contribution < -0.4 is 5.32 Å². The summed E-state index contributed by atoms with van der Waals surface area (Å²) in [5.41, 5.74) is 1.80. The SMILES string of the molecule is COC(=O)[C@@H](CCCCN(C=O)OCc1ccccc1)NC(=O)OCc1ccccc1. The molecule has 1 N–H and O–H groups in total. The molecule has 0 aliphatic carbocycles. The zero-order valence-electron chi connectivity index (χ0n) is 17.6. The number of nitrogens with zero attached hydrogens (tertiary/aromatic N) is 1. The van der Waals surface area contributed by atoms with Gasteiger partial charge < -0.3 is 14.8 Å². The number of carbonyl (C=O) groups is 3. The van der Waals surface area contributed by atoms with Gasteiger partial charge in [-0.05, 0) is 30.4 Å². The Morgan fingerprint density at radius 3 is 2.16 bits per heavy atom. The maximum atomic E-state index is 12.0. The third-order valence-electron chi connectivity index (χ3n) is 4.47. The summed E-state index contributed by atoms with van der Waals surface area (Å²) in [6.07, 6.45) is 1.43. The Bertz CT molecular complexity index is 800. The van der Waals surface area contributed by atoms with Crippen molar-refractivity contribution in [3.05, 3.63) is 71.8 Å². The normalized spacial score (nSPS) is 11.3. The lowest BCUT2D eigenvalue weighted by Gasteiger charge is -2.19. The summed E-state index contributed by atoms with van der Waals surface area (Å²) >= 11 is 0. The Hall–Kier alpha value is -3.39. The van der Waals surface area contributed by atoms with Crippen LogP contribution in [0, 0.1) is 0 Å². The van der Waals surface area contributed by atoms with E-state index < -0.39 is 18.1 Å². The van der Waals surface area contributed by atoms with Crippen LogP contribution in [0.25, 0.3) is 0 Å². The van der Waals surface area contributed by atoms with Gasteiger partial charge in [-0.25, -0.2) is 14.7 Å². The number of nitrogens with one attached hydrogen (secondary N) is 1. The first-order valence-corrected chi connectivity index (χ1v) is 10.1. The molecular weight excluding hydrogens is 400 g/mol. The van der Waals surface area contributed by atoms with Crippen molar-refractivity contribution in [3.8, 4) is 0 Å². The molecule has 0 saturated carbocycles. The quantitative estimate of drug-likeness (QED) is 0.228. The summed E-state index contributed by atoms with van der Waals surface area (Å²) in [7, 11) is 1.26. The number of hydrogen-bond donors (Lipinski definition) is 1. The largest absolute Gasteiger partial charge is 0.467 e. The van der Waals surface area contributed by atoms with Gasteiger partial charge in [0.1, 0.15) is 19.3 Å². The molecule has 0 spiro atoms. The fourth-order valence-electron chi connectivity index (χ4n) is 2.79. The van der Waals surface area contributed by atoms with Gasteiger partial charge in [-0.3, -0.25) is 9.63 Å². The maximum absolute atomic E-state index is 12.0. The summed E-state index contributed by atoms with van der Waals surface area (Å²) in [4.78, 5) is 40.7. The second-order valence-corrected chi connectivity index (χ2v) is 6.78. The number of esters is 1. The molecule has 2 amide bonds. The molecule has 0 radical (unpaired) electrons. The van der Waals surface area contributed by atoms with Crippen molar-refractivity contribution in [2.24, 2.45) is 0 Å². The number of hydrogen-bond acceptors (Lipinski definition) is 6. The van der Waals surface area contributed by atoms with Gasteiger partial charge in [0.2, 0.25) is 6.41 Å². The molecule has 8 heteroatoms. The molecular formula is C23H28N2O6. The van der Waals surface area contributed by atoms with E-state index in [2.05, 4.69) is 5.32 Å². The van der Waals surface area contributed by atoms with Gasteiger partial charge in [0, 0.05) is 6.54 Å². The number of amides is 2. The summed E-state index contributed by atoms with van der Waals surface area (Å²) < 4.78 is 9.92. The molecule has 8 nitrogen and oxygen atoms in total. The van der Waals surface area contributed by atoms with Crippen molar-refractivity contribution in [1.29, 1.82) is 0 Å². The lowest BCUT2D eigenvalue weighted by Crippen LogP contribution is -2.41. The molecule has 2 aromatic rings. The number of methoxy groups -OCH3 is 1. The highest BCUT2D eigenvalue weighted by molar-refractivity contribution is 5.81. The van der Waals surface area contributed by atoms with E-state index in [0.717, 1.165) is 11.1 Å². The van der Waals surface area contributed by atoms with E-state index in [0.29, 0.717) is 38.8 Å². The molecule has 2 rings (SSSR count). The van der Waals surface area contributed by atoms with Crippen LogP contribution in [0.15, 0.2) is 60.7 Å². The Morgan fingerprint density at radius 1 is 0.968 bits per heavy atom. The minimum Gasteiger partial charge on any atom is -0.467 e. The number of alkyl carbamates (subject to hydrolysis) is 1. The van der Waals surface area contributed by atoms with Crippen LogP contribution in [0.5, 0.6) is 0 Å². The Labute approximate surface area is 182 Å². The first-order valence-electron chi connectivity index (χ1n) is 10.1. The van der Waals surface area contributed by atoms with Crippen molar-refractivity contribution in [1.82, 2.24) is 10.4 Å². The predicted molar refractivity (Wildman–Crippen MR) is 113 cm³/mol. The highest BCUT2D eigenvalue weighted by Crippen LogP contribution is 2.08. The molecule has 1 atom stereocenters. The van der Waals surface area contributed by atoms with Crippen molar-refractivity contribution in [3.63, 3.8) is 0 Å². The number of hydroxylamine groups is 2. The van der Waals surface area contributed by atoms with E-state index in [4.69, 9.17) is 14.3 Å². The molecule has 0 bridgehead atoms. The molecule has 2 aromatic carbocycles. The molecule has 0 fully saturated rings. The minimum atomic E-state index is -0.830. The molecule has 31 heavy (non-hydrogen) atoms. The summed E-state index contributed by atoms with van der Waals surface area (Å²) in [6, 6.07) is 17.9. The molecule has 166 valence electrons. The van der Waals surface area contributed by atoms with E-state index in [1.165, 1.54) is 12.2 Å². The number of benzene rings is 2. The smallest absolute Gasteiger partial charge is 0.408 e. The topological polar surface area (TPSA) is 94.2 Å². The first-order chi connectivity index (χ1) is 15.1. The van der Waals surface area contributed by atoms with E-state index >= 15 is 0 Å².